The van der Waals surface area contributed by atoms with Crippen molar-refractivity contribution >= 4 is 5.91 Å². The van der Waals surface area contributed by atoms with Crippen LogP contribution in [0.5, 0.6) is 0 Å². The number of carbonyl (C=O) groups is 1. The van der Waals surface area contributed by atoms with E-state index in [-0.39, 0.29) is 5.91 Å². The molecule has 1 fully saturated rings. The van der Waals surface area contributed by atoms with Gasteiger partial charge in [-0.2, -0.15) is 0 Å². The van der Waals surface area contributed by atoms with Gasteiger partial charge in [0.15, 0.2) is 11.6 Å². The van der Waals surface area contributed by atoms with Crippen LogP contribution in [0.1, 0.15) is 16.7 Å². The molecule has 2 aliphatic heterocycles. The number of rotatable bonds is 3. The molecule has 1 amide bonds. The lowest BCUT2D eigenvalue weighted by Gasteiger charge is -2.36. The van der Waals surface area contributed by atoms with Gasteiger partial charge in [-0.05, 0) is 35.2 Å². The summed E-state index contributed by atoms with van der Waals surface area (Å²) in [6, 6.07) is 12.1. The van der Waals surface area contributed by atoms with Crippen molar-refractivity contribution in [1.82, 2.24) is 9.80 Å². The van der Waals surface area contributed by atoms with E-state index in [0.717, 1.165) is 12.5 Å². The molecule has 1 saturated heterocycles. The first-order chi connectivity index (χ1) is 13.1. The summed E-state index contributed by atoms with van der Waals surface area (Å²) in [7, 11) is 0. The number of nitrogens with zero attached hydrogens (tertiary/aromatic N) is 2. The van der Waals surface area contributed by atoms with Crippen molar-refractivity contribution in [2.45, 2.75) is 25.6 Å². The van der Waals surface area contributed by atoms with Gasteiger partial charge in [0.25, 0.3) is 5.91 Å². The van der Waals surface area contributed by atoms with E-state index in [4.69, 9.17) is 4.74 Å². The second-order valence-electron chi connectivity index (χ2n) is 7.12. The number of ether oxygens (including phenoxy) is 1. The predicted molar refractivity (Wildman–Crippen MR) is 96.9 cm³/mol. The molecule has 142 valence electrons. The third-order valence-corrected chi connectivity index (χ3v) is 5.26. The molecule has 4 nitrogen and oxygen atoms in total. The summed E-state index contributed by atoms with van der Waals surface area (Å²) in [5.41, 5.74) is 3.17. The molecule has 2 aromatic carbocycles. The van der Waals surface area contributed by atoms with E-state index >= 15 is 0 Å². The fourth-order valence-electron chi connectivity index (χ4n) is 3.78. The maximum absolute atomic E-state index is 13.4. The summed E-state index contributed by atoms with van der Waals surface area (Å²) in [5, 5.41) is 0. The number of fused-ring (bicyclic) bond motifs is 1. The highest BCUT2D eigenvalue weighted by Crippen LogP contribution is 2.21. The van der Waals surface area contributed by atoms with Crippen molar-refractivity contribution in [2.24, 2.45) is 0 Å². The maximum atomic E-state index is 13.4. The minimum absolute atomic E-state index is 0.000472. The fraction of sp³-hybridized carbons (Fsp3) is 0.381. The average molecular weight is 372 g/mol. The van der Waals surface area contributed by atoms with Crippen molar-refractivity contribution in [2.75, 3.05) is 26.2 Å². The third kappa shape index (κ3) is 4.01. The summed E-state index contributed by atoms with van der Waals surface area (Å²) in [6.45, 7) is 3.33. The molecule has 4 rings (SSSR count). The SMILES string of the molecule is O=C(C1CN(Cc2ccc(F)c(F)c2)CCO1)N1CCc2ccccc2C1. The first kappa shape index (κ1) is 18.1. The summed E-state index contributed by atoms with van der Waals surface area (Å²) in [6.07, 6.45) is 0.335. The molecule has 0 radical (unpaired) electrons. The van der Waals surface area contributed by atoms with Crippen molar-refractivity contribution in [3.05, 3.63) is 70.8 Å². The molecule has 0 aliphatic carbocycles. The maximum Gasteiger partial charge on any atom is 0.253 e. The Morgan fingerprint density at radius 2 is 1.89 bits per heavy atom. The minimum Gasteiger partial charge on any atom is -0.366 e. The van der Waals surface area contributed by atoms with Crippen molar-refractivity contribution in [1.29, 1.82) is 0 Å². The number of morpholine rings is 1. The van der Waals surface area contributed by atoms with Crippen LogP contribution in [0.2, 0.25) is 0 Å². The van der Waals surface area contributed by atoms with Crippen molar-refractivity contribution in [3.63, 3.8) is 0 Å². The Morgan fingerprint density at radius 1 is 1.07 bits per heavy atom. The van der Waals surface area contributed by atoms with Gasteiger partial charge in [-0.25, -0.2) is 8.78 Å². The van der Waals surface area contributed by atoms with E-state index in [1.807, 2.05) is 17.0 Å². The van der Waals surface area contributed by atoms with Crippen LogP contribution < -0.4 is 0 Å². The first-order valence-corrected chi connectivity index (χ1v) is 9.23. The molecule has 0 spiro atoms. The highest BCUT2D eigenvalue weighted by molar-refractivity contribution is 5.81. The van der Waals surface area contributed by atoms with Crippen LogP contribution >= 0.6 is 0 Å². The summed E-state index contributed by atoms with van der Waals surface area (Å²) >= 11 is 0. The van der Waals surface area contributed by atoms with Crippen LogP contribution in [0, 0.1) is 11.6 Å². The number of carbonyl (C=O) groups excluding carboxylic acids is 1. The zero-order valence-corrected chi connectivity index (χ0v) is 15.0. The highest BCUT2D eigenvalue weighted by atomic mass is 19.2. The lowest BCUT2D eigenvalue weighted by atomic mass is 9.99. The first-order valence-electron chi connectivity index (χ1n) is 9.23. The van der Waals surface area contributed by atoms with E-state index in [2.05, 4.69) is 17.0 Å². The van der Waals surface area contributed by atoms with Crippen LogP contribution in [0.15, 0.2) is 42.5 Å². The molecular weight excluding hydrogens is 350 g/mol. The molecule has 0 N–H and O–H groups in total. The third-order valence-electron chi connectivity index (χ3n) is 5.26. The Labute approximate surface area is 157 Å². The van der Waals surface area contributed by atoms with Gasteiger partial charge in [0.05, 0.1) is 6.61 Å². The zero-order chi connectivity index (χ0) is 18.8. The number of hydrogen-bond donors (Lipinski definition) is 0. The average Bonchev–Trinajstić information content (AvgIpc) is 2.70. The standard InChI is InChI=1S/C21H22F2N2O2/c22-18-6-5-15(11-19(18)23)12-24-9-10-27-20(14-24)21(26)25-8-7-16-3-1-2-4-17(16)13-25/h1-6,11,20H,7-10,12-14H2. The summed E-state index contributed by atoms with van der Waals surface area (Å²) in [4.78, 5) is 16.8. The topological polar surface area (TPSA) is 32.8 Å². The van der Waals surface area contributed by atoms with Crippen molar-refractivity contribution in [3.8, 4) is 0 Å². The second-order valence-corrected chi connectivity index (χ2v) is 7.12. The molecule has 2 aromatic rings. The molecule has 0 bridgehead atoms. The van der Waals surface area contributed by atoms with Gasteiger partial charge in [0.1, 0.15) is 6.10 Å². The molecule has 1 unspecified atom stereocenters. The van der Waals surface area contributed by atoms with Crippen molar-refractivity contribution < 1.29 is 18.3 Å². The van der Waals surface area contributed by atoms with Gasteiger partial charge in [0, 0.05) is 32.7 Å². The normalized spacial score (nSPS) is 20.4. The van der Waals surface area contributed by atoms with Crippen LogP contribution in [0.3, 0.4) is 0 Å². The van der Waals surface area contributed by atoms with Crippen LogP contribution in [-0.2, 0) is 29.0 Å². The number of benzene rings is 2. The molecule has 27 heavy (non-hydrogen) atoms. The quantitative estimate of drug-likeness (QED) is 0.831. The summed E-state index contributed by atoms with van der Waals surface area (Å²) < 4.78 is 32.2. The lowest BCUT2D eigenvalue weighted by Crippen LogP contribution is -2.51. The van der Waals surface area contributed by atoms with E-state index < -0.39 is 17.7 Å². The van der Waals surface area contributed by atoms with Crippen LogP contribution in [0.25, 0.3) is 0 Å². The van der Waals surface area contributed by atoms with Gasteiger partial charge >= 0.3 is 0 Å². The fourth-order valence-corrected chi connectivity index (χ4v) is 3.78. The Hall–Kier alpha value is -2.31. The monoisotopic (exact) mass is 372 g/mol. The largest absolute Gasteiger partial charge is 0.366 e. The number of amides is 1. The Balaban J connectivity index is 1.39. The molecule has 1 atom stereocenters. The Bertz CT molecular complexity index is 843. The predicted octanol–water partition coefficient (Wildman–Crippen LogP) is 2.75. The molecule has 2 heterocycles. The molecule has 2 aliphatic rings. The van der Waals surface area contributed by atoms with Gasteiger partial charge < -0.3 is 9.64 Å². The van der Waals surface area contributed by atoms with E-state index in [1.54, 1.807) is 6.07 Å². The molecule has 0 aromatic heterocycles. The zero-order valence-electron chi connectivity index (χ0n) is 15.0. The molecule has 0 saturated carbocycles. The smallest absolute Gasteiger partial charge is 0.253 e. The van der Waals surface area contributed by atoms with Gasteiger partial charge in [-0.1, -0.05) is 30.3 Å². The van der Waals surface area contributed by atoms with Crippen LogP contribution in [0.4, 0.5) is 8.78 Å². The van der Waals surface area contributed by atoms with Gasteiger partial charge in [-0.3, -0.25) is 9.69 Å². The summed E-state index contributed by atoms with van der Waals surface area (Å²) in [5.74, 6) is -1.70. The van der Waals surface area contributed by atoms with Crippen LogP contribution in [-0.4, -0.2) is 48.1 Å². The van der Waals surface area contributed by atoms with E-state index in [0.29, 0.717) is 44.9 Å². The lowest BCUT2D eigenvalue weighted by molar-refractivity contribution is -0.150. The molecular formula is C21H22F2N2O2. The molecule has 6 heteroatoms. The Morgan fingerprint density at radius 3 is 2.70 bits per heavy atom. The van der Waals surface area contributed by atoms with E-state index in [9.17, 15) is 13.6 Å². The number of halogens is 2. The Kier molecular flexibility index (Phi) is 5.18. The second kappa shape index (κ2) is 7.74. The highest BCUT2D eigenvalue weighted by Gasteiger charge is 2.31. The van der Waals surface area contributed by atoms with Gasteiger partial charge in [0.2, 0.25) is 0 Å². The minimum atomic E-state index is -0.848. The van der Waals surface area contributed by atoms with Gasteiger partial charge in [-0.15, -0.1) is 0 Å². The number of hydrogen-bond acceptors (Lipinski definition) is 3. The van der Waals surface area contributed by atoms with E-state index in [1.165, 1.54) is 17.2 Å².